The molecule has 1 saturated heterocycles. The lowest BCUT2D eigenvalue weighted by atomic mass is 9.85. The van der Waals surface area contributed by atoms with Crippen molar-refractivity contribution >= 4 is 110 Å². The summed E-state index contributed by atoms with van der Waals surface area (Å²) in [5.41, 5.74) is 1.98. The van der Waals surface area contributed by atoms with E-state index in [0.29, 0.717) is 39.2 Å². The molecule has 2 aromatic carbocycles. The number of aliphatic hydroxyl groups excluding tert-OH is 3. The fourth-order valence-electron chi connectivity index (χ4n) is 12.0. The number of amides is 9. The minimum absolute atomic E-state index is 0.108. The first kappa shape index (κ1) is 73.1. The fraction of sp³-hybridized carbons (Fsp3) is 0.545. The second kappa shape index (κ2) is 33.7. The number of thioether (sulfide) groups is 1. The highest BCUT2D eigenvalue weighted by Crippen LogP contribution is 2.34. The number of Topliss-reactive ketones (excluding diaryl/α,β-unsaturated/α-hetero) is 5. The molecule has 508 valence electrons. The van der Waals surface area contributed by atoms with Crippen LogP contribution in [0, 0.1) is 41.4 Å². The smallest absolute Gasteiger partial charge is 0.253 e. The number of benzene rings is 2. The summed E-state index contributed by atoms with van der Waals surface area (Å²) in [7, 11) is 0. The monoisotopic (exact) mass is 1320 g/mol. The number of imide groups is 1. The van der Waals surface area contributed by atoms with Crippen LogP contribution in [0.3, 0.4) is 0 Å². The van der Waals surface area contributed by atoms with Gasteiger partial charge in [-0.05, 0) is 54.0 Å². The van der Waals surface area contributed by atoms with Gasteiger partial charge in [0.05, 0.1) is 67.6 Å². The van der Waals surface area contributed by atoms with E-state index < -0.39 is 194 Å². The molecule has 3 unspecified atom stereocenters. The summed E-state index contributed by atoms with van der Waals surface area (Å²) in [5.74, 6) is -15.5. The van der Waals surface area contributed by atoms with Crippen molar-refractivity contribution in [2.45, 2.75) is 147 Å². The minimum atomic E-state index is -1.56. The third kappa shape index (κ3) is 19.6. The lowest BCUT2D eigenvalue weighted by molar-refractivity contribution is -0.138. The van der Waals surface area contributed by atoms with Crippen LogP contribution >= 0.6 is 11.8 Å². The maximum Gasteiger partial charge on any atom is 0.253 e. The molecule has 1 fully saturated rings. The summed E-state index contributed by atoms with van der Waals surface area (Å²) in [6.07, 6.45) is -3.09. The van der Waals surface area contributed by atoms with Crippen molar-refractivity contribution in [3.8, 4) is 0 Å². The van der Waals surface area contributed by atoms with Gasteiger partial charge in [0.25, 0.3) is 11.8 Å². The molecule has 3 aromatic rings. The lowest BCUT2D eigenvalue weighted by Crippen LogP contribution is -2.55. The van der Waals surface area contributed by atoms with Crippen molar-refractivity contribution in [3.05, 3.63) is 71.8 Å². The third-order valence-electron chi connectivity index (χ3n) is 18.0. The second-order valence-electron chi connectivity index (χ2n) is 25.4. The van der Waals surface area contributed by atoms with Crippen molar-refractivity contribution in [1.29, 1.82) is 0 Å². The molecule has 0 spiro atoms. The number of nitrogens with one attached hydrogen (secondary N) is 8. The number of carbonyl (C=O) groups is 14. The number of H-pyrrole nitrogens is 1. The fourth-order valence-corrected chi connectivity index (χ4v) is 13.1. The number of carbonyl (C=O) groups excluding carboxylic acids is 14. The van der Waals surface area contributed by atoms with Crippen molar-refractivity contribution in [2.24, 2.45) is 41.4 Å². The second-order valence-corrected chi connectivity index (χ2v) is 26.4. The Bertz CT molecular complexity index is 3390. The molecular formula is C66H86N10O17S. The Morgan fingerprint density at radius 2 is 1.47 bits per heavy atom. The van der Waals surface area contributed by atoms with Gasteiger partial charge in [0.2, 0.25) is 41.4 Å². The first-order chi connectivity index (χ1) is 44.6. The molecule has 4 aliphatic rings. The molecule has 9 amide bonds. The van der Waals surface area contributed by atoms with Gasteiger partial charge in [-0.15, -0.1) is 11.8 Å². The van der Waals surface area contributed by atoms with Gasteiger partial charge in [0, 0.05) is 122 Å². The highest BCUT2D eigenvalue weighted by Gasteiger charge is 2.43. The van der Waals surface area contributed by atoms with E-state index in [4.69, 9.17) is 0 Å². The maximum atomic E-state index is 15.0. The molecule has 0 radical (unpaired) electrons. The number of hydrogen-bond donors (Lipinski definition) is 11. The highest BCUT2D eigenvalue weighted by atomic mass is 32.2. The van der Waals surface area contributed by atoms with Gasteiger partial charge in [0.1, 0.15) is 0 Å². The number of aromatic nitrogens is 1. The van der Waals surface area contributed by atoms with E-state index in [1.165, 1.54) is 11.8 Å². The molecule has 28 heteroatoms. The van der Waals surface area contributed by atoms with E-state index >= 15 is 0 Å². The summed E-state index contributed by atoms with van der Waals surface area (Å²) in [4.78, 5) is 198. The van der Waals surface area contributed by atoms with Gasteiger partial charge < -0.3 is 57.5 Å². The number of para-hydroxylation sites is 1. The molecule has 7 rings (SSSR count). The maximum absolute atomic E-state index is 15.0. The summed E-state index contributed by atoms with van der Waals surface area (Å²) in [6, 6.07) is 8.17. The summed E-state index contributed by atoms with van der Waals surface area (Å²) in [6.45, 7) is 6.90. The molecule has 0 saturated carbocycles. The van der Waals surface area contributed by atoms with E-state index in [2.05, 4.69) is 42.2 Å². The number of aliphatic hydroxyl groups is 3. The molecule has 1 aromatic heterocycles. The van der Waals surface area contributed by atoms with Gasteiger partial charge in [-0.25, -0.2) is 0 Å². The summed E-state index contributed by atoms with van der Waals surface area (Å²) < 4.78 is 0. The van der Waals surface area contributed by atoms with Crippen LogP contribution < -0.4 is 37.2 Å². The number of anilines is 1. The zero-order valence-electron chi connectivity index (χ0n) is 53.7. The van der Waals surface area contributed by atoms with Crippen LogP contribution in [0.15, 0.2) is 65.7 Å². The SMILES string of the molecule is CC[C@H](C)[C@@H]1CC(=O)CNC(=O)[C@H]2CC(=O)[C@H]([C@@H](C)[C@@H](O)CO)NC(=O)[C@@H]3CC(O)CN3CC(=O)[C@H](CC(=O)NCc3ccc(NC(=O)[C@H](C)CC(=O)C(NC(=O)CCN4C(=O)C=CC4=O)C(C)C)cc3)CC(=O)C(CSc3[nH]c4ccccc4c3C2)NC(=O)CNC1=O. The number of hydrogen-bond acceptors (Lipinski definition) is 19. The van der Waals surface area contributed by atoms with Crippen molar-refractivity contribution in [3.63, 3.8) is 0 Å². The predicted octanol–water partition coefficient (Wildman–Crippen LogP) is 0.494. The molecule has 27 nitrogen and oxygen atoms in total. The van der Waals surface area contributed by atoms with Crippen molar-refractivity contribution in [2.75, 3.05) is 50.4 Å². The van der Waals surface area contributed by atoms with Crippen LogP contribution in [-0.2, 0) is 80.1 Å². The van der Waals surface area contributed by atoms with E-state index in [1.54, 1.807) is 76.2 Å². The van der Waals surface area contributed by atoms with Crippen LogP contribution in [0.2, 0.25) is 0 Å². The lowest BCUT2D eigenvalue weighted by Gasteiger charge is -2.31. The molecule has 11 N–H and O–H groups in total. The average Bonchev–Trinajstić information content (AvgIpc) is 1.63. The molecule has 2 bridgehead atoms. The van der Waals surface area contributed by atoms with E-state index in [9.17, 15) is 82.4 Å². The molecule has 0 aliphatic carbocycles. The summed E-state index contributed by atoms with van der Waals surface area (Å²) >= 11 is 1.08. The van der Waals surface area contributed by atoms with Crippen LogP contribution in [-0.4, -0.2) is 194 Å². The van der Waals surface area contributed by atoms with Gasteiger partial charge in [-0.2, -0.15) is 0 Å². The van der Waals surface area contributed by atoms with E-state index in [-0.39, 0.29) is 69.3 Å². The van der Waals surface area contributed by atoms with Crippen LogP contribution in [0.5, 0.6) is 0 Å². The Morgan fingerprint density at radius 1 is 0.777 bits per heavy atom. The zero-order valence-corrected chi connectivity index (χ0v) is 54.5. The third-order valence-corrected chi connectivity index (χ3v) is 19.1. The molecule has 94 heavy (non-hydrogen) atoms. The number of nitrogens with zero attached hydrogens (tertiary/aromatic N) is 2. The van der Waals surface area contributed by atoms with Gasteiger partial charge >= 0.3 is 0 Å². The first-order valence-electron chi connectivity index (χ1n) is 31.8. The van der Waals surface area contributed by atoms with Crippen LogP contribution in [0.1, 0.15) is 104 Å². The number of rotatable bonds is 19. The quantitative estimate of drug-likeness (QED) is 0.0728. The van der Waals surface area contributed by atoms with Crippen molar-refractivity contribution in [1.82, 2.24) is 46.7 Å². The Balaban J connectivity index is 1.14. The number of aromatic amines is 1. The summed E-state index contributed by atoms with van der Waals surface area (Å²) in [5, 5.41) is 52.1. The van der Waals surface area contributed by atoms with Crippen LogP contribution in [0.25, 0.3) is 10.9 Å². The molecule has 12 atom stereocenters. The Morgan fingerprint density at radius 3 is 2.15 bits per heavy atom. The largest absolute Gasteiger partial charge is 0.394 e. The topological polar surface area (TPSA) is 406 Å². The number of ketones is 5. The van der Waals surface area contributed by atoms with Gasteiger partial charge in [0.15, 0.2) is 28.9 Å². The standard InChI is InChI=1S/C66H86N10O17S/c1-7-35(4)45-25-42(78)28-68-63(91)40-21-46-44-10-8-9-11-47(44)72-66(46)94-33-48(71-57(87)29-69-64(45)92)50(80)22-39(53(83)31-75-30-43(79)26-49(75)65(93)74-61(52(82)23-40)37(6)54(84)32-77)24-56(86)67-27-38-12-14-41(15-13-38)70-62(90)36(5)20-51(81)60(34(2)3)73-55(85)18-19-76-58(88)16-17-59(76)89/h8-17,34-37,39-40,43,45,48-49,54,60-61,72,77,79,84H,7,18-33H2,1-6H3,(H,67,86)(H,68,91)(H,69,92)(H,70,90)(H,71,87)(H,73,85)(H,74,93)/t35-,36+,37-,39-,40+,43?,45-,48?,49-,54-,60?,61-/m0/s1. The first-order valence-corrected chi connectivity index (χ1v) is 32.8. The van der Waals surface area contributed by atoms with Crippen molar-refractivity contribution < 1.29 is 82.4 Å². The average molecular weight is 1320 g/mol. The normalized spacial score (nSPS) is 24.2. The predicted molar refractivity (Wildman–Crippen MR) is 342 cm³/mol. The van der Waals surface area contributed by atoms with E-state index in [1.807, 2.05) is 6.92 Å². The molecule has 5 heterocycles. The zero-order chi connectivity index (χ0) is 68.7. The Hall–Kier alpha value is -8.31. The molecular weight excluding hydrogens is 1240 g/mol. The Labute approximate surface area is 548 Å². The minimum Gasteiger partial charge on any atom is -0.394 e. The van der Waals surface area contributed by atoms with Gasteiger partial charge in [-0.1, -0.05) is 78.3 Å². The van der Waals surface area contributed by atoms with Gasteiger partial charge in [-0.3, -0.25) is 76.9 Å². The Kier molecular flexibility index (Phi) is 26.2. The molecule has 4 aliphatic heterocycles. The van der Waals surface area contributed by atoms with E-state index in [0.717, 1.165) is 28.8 Å². The number of fused-ring (bicyclic) bond motifs is 5. The van der Waals surface area contributed by atoms with Crippen LogP contribution in [0.4, 0.5) is 5.69 Å². The highest BCUT2D eigenvalue weighted by molar-refractivity contribution is 7.99.